The van der Waals surface area contributed by atoms with Crippen LogP contribution in [0.1, 0.15) is 20.7 Å². The van der Waals surface area contributed by atoms with E-state index >= 15 is 0 Å². The Morgan fingerprint density at radius 2 is 1.29 bits per heavy atom. The van der Waals surface area contributed by atoms with Crippen LogP contribution in [0, 0.1) is 0 Å². The number of hydrogen-bond acceptors (Lipinski definition) is 10. The van der Waals surface area contributed by atoms with Crippen molar-refractivity contribution in [2.24, 2.45) is 0 Å². The summed E-state index contributed by atoms with van der Waals surface area (Å²) in [5.74, 6) is 3.75. The van der Waals surface area contributed by atoms with Crippen LogP contribution in [0.4, 0.5) is 17.2 Å². The predicted octanol–water partition coefficient (Wildman–Crippen LogP) is -0.619. The Morgan fingerprint density at radius 3 is 1.62 bits per heavy atom. The van der Waals surface area contributed by atoms with Crippen LogP contribution in [-0.4, -0.2) is 22.5 Å². The Hall–Kier alpha value is -3.57. The lowest BCUT2D eigenvalue weighted by atomic mass is 10.1. The number of carbonyl (C=O) groups is 2. The smallest absolute Gasteiger partial charge is 0.372 e. The highest BCUT2D eigenvalue weighted by Gasteiger charge is 2.10. The fourth-order valence-corrected chi connectivity index (χ4v) is 1.47. The monoisotopic (exact) mass is 338 g/mol. The summed E-state index contributed by atoms with van der Waals surface area (Å²) in [5, 5.41) is 16.1. The molecule has 128 valence electrons. The maximum atomic E-state index is 10.7. The Labute approximate surface area is 135 Å². The summed E-state index contributed by atoms with van der Waals surface area (Å²) < 4.78 is 1.21. The maximum absolute atomic E-state index is 10.7. The van der Waals surface area contributed by atoms with Gasteiger partial charge in [0.15, 0.2) is 0 Å². The van der Waals surface area contributed by atoms with Crippen molar-refractivity contribution in [1.82, 2.24) is 0 Å². The molecule has 10 N–H and O–H groups in total. The summed E-state index contributed by atoms with van der Waals surface area (Å²) in [6.45, 7) is 0. The van der Waals surface area contributed by atoms with Crippen LogP contribution in [0.2, 0.25) is 0 Å². The molecule has 0 aliphatic rings. The molecule has 2 aromatic rings. The van der Waals surface area contributed by atoms with E-state index in [1.807, 2.05) is 0 Å². The van der Waals surface area contributed by atoms with Gasteiger partial charge in [-0.05, 0) is 24.3 Å². The molecule has 0 aliphatic carbocycles. The molecule has 0 unspecified atom stereocenters. The minimum absolute atomic E-state index is 0.0713. The van der Waals surface area contributed by atoms with Gasteiger partial charge >= 0.3 is 17.8 Å². The summed E-state index contributed by atoms with van der Waals surface area (Å²) in [7, 11) is 0. The van der Waals surface area contributed by atoms with Gasteiger partial charge in [0.05, 0.1) is 16.8 Å². The zero-order valence-corrected chi connectivity index (χ0v) is 12.2. The predicted molar refractivity (Wildman–Crippen MR) is 82.6 cm³/mol. The first-order chi connectivity index (χ1) is 11.3. The molecule has 0 saturated heterocycles. The average molecular weight is 338 g/mol. The normalized spacial score (nSPS) is 9.42. The molecule has 0 spiro atoms. The van der Waals surface area contributed by atoms with Crippen LogP contribution in [-0.2, 0) is 9.78 Å². The van der Waals surface area contributed by atoms with Gasteiger partial charge in [0.25, 0.3) is 0 Å². The summed E-state index contributed by atoms with van der Waals surface area (Å²) in [5.41, 5.74) is 17.2. The number of rotatable bonds is 2. The van der Waals surface area contributed by atoms with E-state index in [-0.39, 0.29) is 16.9 Å². The van der Waals surface area contributed by atoms with Gasteiger partial charge in [0, 0.05) is 6.07 Å². The molecule has 0 radical (unpaired) electrons. The summed E-state index contributed by atoms with van der Waals surface area (Å²) in [6.07, 6.45) is 1.54. The zero-order valence-electron chi connectivity index (χ0n) is 12.2. The van der Waals surface area contributed by atoms with Crippen molar-refractivity contribution in [2.45, 2.75) is 0 Å². The van der Waals surface area contributed by atoms with Gasteiger partial charge in [-0.2, -0.15) is 10.5 Å². The molecule has 11 nitrogen and oxygen atoms in total. The molecule has 1 heterocycles. The first-order valence-corrected chi connectivity index (χ1v) is 6.23. The van der Waals surface area contributed by atoms with Gasteiger partial charge in [0.1, 0.15) is 11.9 Å². The second-order valence-electron chi connectivity index (χ2n) is 4.31. The number of nitrogen functional groups attached to an aromatic ring is 4. The SMILES string of the molecule is Nc1cc[n+](N)c(N)c1N.O=C(OO)c1ccc(C(=O)OO)cc1. The molecule has 0 atom stereocenters. The minimum atomic E-state index is -0.936. The fourth-order valence-electron chi connectivity index (χ4n) is 1.47. The van der Waals surface area contributed by atoms with Crippen molar-refractivity contribution in [3.8, 4) is 0 Å². The van der Waals surface area contributed by atoms with Crippen molar-refractivity contribution in [3.05, 3.63) is 47.7 Å². The van der Waals surface area contributed by atoms with Gasteiger partial charge in [-0.3, -0.25) is 21.4 Å². The first kappa shape index (κ1) is 18.5. The second kappa shape index (κ2) is 8.17. The van der Waals surface area contributed by atoms with Crippen LogP contribution < -0.4 is 27.7 Å². The highest BCUT2D eigenvalue weighted by Crippen LogP contribution is 2.15. The van der Waals surface area contributed by atoms with Crippen LogP contribution >= 0.6 is 0 Å². The summed E-state index contributed by atoms with van der Waals surface area (Å²) in [4.78, 5) is 28.4. The third kappa shape index (κ3) is 4.46. The molecule has 0 aliphatic heterocycles. The lowest BCUT2D eigenvalue weighted by Crippen LogP contribution is -2.47. The van der Waals surface area contributed by atoms with Crippen molar-refractivity contribution in [1.29, 1.82) is 0 Å². The maximum Gasteiger partial charge on any atom is 0.372 e. The van der Waals surface area contributed by atoms with E-state index in [0.29, 0.717) is 11.4 Å². The Balaban J connectivity index is 0.000000254. The molecular formula is C13H16N5O6+. The molecule has 0 saturated carbocycles. The third-order valence-corrected chi connectivity index (χ3v) is 2.80. The molecule has 1 aromatic carbocycles. The number of anilines is 3. The van der Waals surface area contributed by atoms with Gasteiger partial charge in [-0.25, -0.2) is 9.59 Å². The van der Waals surface area contributed by atoms with E-state index < -0.39 is 11.9 Å². The van der Waals surface area contributed by atoms with E-state index in [0.717, 1.165) is 0 Å². The molecular weight excluding hydrogens is 322 g/mol. The van der Waals surface area contributed by atoms with Gasteiger partial charge < -0.3 is 11.5 Å². The van der Waals surface area contributed by atoms with Crippen LogP contribution in [0.3, 0.4) is 0 Å². The highest BCUT2D eigenvalue weighted by atomic mass is 17.1. The molecule has 2 rings (SSSR count). The molecule has 11 heteroatoms. The van der Waals surface area contributed by atoms with E-state index in [1.165, 1.54) is 28.9 Å². The largest absolute Gasteiger partial charge is 0.397 e. The highest BCUT2D eigenvalue weighted by molar-refractivity contribution is 5.92. The fraction of sp³-hybridized carbons (Fsp3) is 0. The Morgan fingerprint density at radius 1 is 0.875 bits per heavy atom. The van der Waals surface area contributed by atoms with Crippen molar-refractivity contribution < 1.29 is 34.6 Å². The van der Waals surface area contributed by atoms with E-state index in [1.54, 1.807) is 12.3 Å². The first-order valence-electron chi connectivity index (χ1n) is 6.23. The third-order valence-electron chi connectivity index (χ3n) is 2.80. The number of pyridine rings is 1. The molecule has 0 fully saturated rings. The quantitative estimate of drug-likeness (QED) is 0.177. The number of carbonyl (C=O) groups excluding carboxylic acids is 2. The topological polar surface area (TPSA) is 201 Å². The van der Waals surface area contributed by atoms with Crippen LogP contribution in [0.5, 0.6) is 0 Å². The lowest BCUT2D eigenvalue weighted by molar-refractivity contribution is -0.623. The van der Waals surface area contributed by atoms with E-state index in [2.05, 4.69) is 9.78 Å². The minimum Gasteiger partial charge on any atom is -0.397 e. The number of benzene rings is 1. The summed E-state index contributed by atoms with van der Waals surface area (Å²) in [6, 6.07) is 6.55. The van der Waals surface area contributed by atoms with Crippen LogP contribution in [0.25, 0.3) is 0 Å². The number of aromatic nitrogens is 1. The van der Waals surface area contributed by atoms with Crippen molar-refractivity contribution in [2.75, 3.05) is 23.0 Å². The number of hydrogen-bond donors (Lipinski definition) is 6. The molecule has 1 aromatic heterocycles. The molecule has 24 heavy (non-hydrogen) atoms. The standard InChI is InChI=1S/C8H6O6.C5H9N5/c9-7(13-11)5-1-2-6(4-3-5)8(10)14-12;6-3-1-2-10(9)5(8)4(3)7/h1-4,11-12H;1-2H,7,9H2,(H3,6,8)/p+1. The molecule has 0 amide bonds. The van der Waals surface area contributed by atoms with Crippen molar-refractivity contribution in [3.63, 3.8) is 0 Å². The second-order valence-corrected chi connectivity index (χ2v) is 4.31. The van der Waals surface area contributed by atoms with Gasteiger partial charge in [-0.15, -0.1) is 4.68 Å². The van der Waals surface area contributed by atoms with Gasteiger partial charge in [0.2, 0.25) is 0 Å². The van der Waals surface area contributed by atoms with E-state index in [4.69, 9.17) is 33.6 Å². The Kier molecular flexibility index (Phi) is 6.29. The van der Waals surface area contributed by atoms with Crippen LogP contribution in [0.15, 0.2) is 36.5 Å². The average Bonchev–Trinajstić information content (AvgIpc) is 2.62. The van der Waals surface area contributed by atoms with E-state index in [9.17, 15) is 9.59 Å². The lowest BCUT2D eigenvalue weighted by Gasteiger charge is -2.00. The number of nitrogens with two attached hydrogens (primary N) is 4. The molecule has 0 bridgehead atoms. The van der Waals surface area contributed by atoms with Crippen molar-refractivity contribution >= 4 is 29.1 Å². The Bertz CT molecular complexity index is 672. The zero-order chi connectivity index (χ0) is 18.3. The summed E-state index contributed by atoms with van der Waals surface area (Å²) >= 11 is 0. The number of nitrogens with zero attached hydrogens (tertiary/aromatic N) is 1. The van der Waals surface area contributed by atoms with Gasteiger partial charge in [-0.1, -0.05) is 0 Å².